The van der Waals surface area contributed by atoms with E-state index in [2.05, 4.69) is 215 Å². The maximum Gasteiger partial charge on any atom is 0.0755 e. The Kier molecular flexibility index (Phi) is 7.51. The molecule has 0 unspecified atom stereocenters. The second-order valence-electron chi connectivity index (χ2n) is 14.5. The molecule has 0 atom stereocenters. The molecule has 56 heavy (non-hydrogen) atoms. The molecule has 3 heteroatoms. The van der Waals surface area contributed by atoms with Crippen LogP contribution in [0.4, 0.5) is 0 Å². The molecule has 0 spiro atoms. The molecule has 0 amide bonds. The zero-order valence-electron chi connectivity index (χ0n) is 30.6. The summed E-state index contributed by atoms with van der Waals surface area (Å²) in [6, 6.07) is 67.4. The zero-order chi connectivity index (χ0) is 37.0. The molecule has 11 rings (SSSR count). The molecule has 0 radical (unpaired) electrons. The molecule has 0 bridgehead atoms. The Morgan fingerprint density at radius 3 is 1.39 bits per heavy atom. The van der Waals surface area contributed by atoms with E-state index in [1.807, 2.05) is 0 Å². The van der Waals surface area contributed by atoms with Crippen LogP contribution in [0.15, 0.2) is 206 Å². The summed E-state index contributed by atoms with van der Waals surface area (Å²) in [5, 5.41) is 5.00. The molecule has 1 aliphatic carbocycles. The molecule has 1 aliphatic rings. The highest BCUT2D eigenvalue weighted by atomic mass is 15.0. The SMILES string of the molecule is C1=CC(c2ccccc2)=CCC=1c1cc(-c2cccc(-n3c4ccccc4c4ccccc43)c2)cc(-c2cccc(-n3c4ccccc4c4ccccc43)c2)n1. The van der Waals surface area contributed by atoms with E-state index >= 15 is 0 Å². The lowest BCUT2D eigenvalue weighted by molar-refractivity contribution is 1.17. The van der Waals surface area contributed by atoms with Gasteiger partial charge in [0, 0.05) is 50.5 Å². The number of benzene rings is 7. The van der Waals surface area contributed by atoms with Gasteiger partial charge < -0.3 is 9.13 Å². The molecule has 3 aromatic heterocycles. The molecule has 3 heterocycles. The van der Waals surface area contributed by atoms with Crippen LogP contribution < -0.4 is 0 Å². The van der Waals surface area contributed by atoms with Gasteiger partial charge in [0.05, 0.1) is 33.5 Å². The minimum absolute atomic E-state index is 0.749. The standard InChI is InChI=1S/C53H35N3/c1-2-14-36(15-3-1)37-28-30-38(31-29-37)48-34-41(39-16-12-18-42(32-39)55-50-24-8-4-20-44(50)45-21-5-9-25-51(45)55)35-49(54-48)40-17-13-19-43(33-40)56-52-26-10-6-22-46(52)47-23-7-11-27-53(47)56/h1-29,32-35H,30H2. The quantitative estimate of drug-likeness (QED) is 0.157. The van der Waals surface area contributed by atoms with Gasteiger partial charge >= 0.3 is 0 Å². The summed E-state index contributed by atoms with van der Waals surface area (Å²) >= 11 is 0. The van der Waals surface area contributed by atoms with Crippen LogP contribution in [0.5, 0.6) is 0 Å². The van der Waals surface area contributed by atoms with Crippen molar-refractivity contribution in [1.82, 2.24) is 14.1 Å². The lowest BCUT2D eigenvalue weighted by Crippen LogP contribution is -1.98. The van der Waals surface area contributed by atoms with Crippen molar-refractivity contribution in [1.29, 1.82) is 0 Å². The van der Waals surface area contributed by atoms with Crippen LogP contribution in [0.2, 0.25) is 0 Å². The summed E-state index contributed by atoms with van der Waals surface area (Å²) in [7, 11) is 0. The van der Waals surface area contributed by atoms with Gasteiger partial charge in [0.25, 0.3) is 0 Å². The van der Waals surface area contributed by atoms with E-state index < -0.39 is 0 Å². The van der Waals surface area contributed by atoms with Crippen molar-refractivity contribution < 1.29 is 0 Å². The maximum atomic E-state index is 5.39. The highest BCUT2D eigenvalue weighted by Gasteiger charge is 2.17. The number of hydrogen-bond donors (Lipinski definition) is 0. The van der Waals surface area contributed by atoms with Crippen molar-refractivity contribution in [3.63, 3.8) is 0 Å². The Balaban J connectivity index is 1.08. The van der Waals surface area contributed by atoms with Crippen LogP contribution in [0, 0.1) is 0 Å². The van der Waals surface area contributed by atoms with E-state index in [1.54, 1.807) is 0 Å². The minimum Gasteiger partial charge on any atom is -0.309 e. The van der Waals surface area contributed by atoms with Crippen LogP contribution in [0.3, 0.4) is 0 Å². The van der Waals surface area contributed by atoms with E-state index in [4.69, 9.17) is 4.98 Å². The molecular formula is C53H35N3. The first-order chi connectivity index (χ1) is 27.8. The molecule has 262 valence electrons. The Bertz CT molecular complexity index is 2980. The van der Waals surface area contributed by atoms with Crippen LogP contribution in [0.1, 0.15) is 17.7 Å². The third kappa shape index (κ3) is 5.33. The first-order valence-corrected chi connectivity index (χ1v) is 19.2. The second-order valence-corrected chi connectivity index (χ2v) is 14.5. The Morgan fingerprint density at radius 2 is 0.857 bits per heavy atom. The van der Waals surface area contributed by atoms with Crippen molar-refractivity contribution in [2.45, 2.75) is 6.42 Å². The van der Waals surface area contributed by atoms with Gasteiger partial charge in [-0.1, -0.05) is 133 Å². The van der Waals surface area contributed by atoms with Crippen LogP contribution in [-0.2, 0) is 0 Å². The smallest absolute Gasteiger partial charge is 0.0755 e. The highest BCUT2D eigenvalue weighted by molar-refractivity contribution is 6.10. The molecule has 0 aliphatic heterocycles. The number of nitrogens with zero attached hydrogens (tertiary/aromatic N) is 3. The lowest BCUT2D eigenvalue weighted by atomic mass is 9.95. The molecule has 3 nitrogen and oxygen atoms in total. The predicted molar refractivity (Wildman–Crippen MR) is 234 cm³/mol. The number of pyridine rings is 1. The number of fused-ring (bicyclic) bond motifs is 6. The Morgan fingerprint density at radius 1 is 0.393 bits per heavy atom. The molecule has 7 aromatic carbocycles. The second kappa shape index (κ2) is 13.1. The summed E-state index contributed by atoms with van der Waals surface area (Å²) < 4.78 is 4.76. The fourth-order valence-electron chi connectivity index (χ4n) is 8.54. The molecule has 0 saturated heterocycles. The molecular weight excluding hydrogens is 679 g/mol. The van der Waals surface area contributed by atoms with Gasteiger partial charge in [-0.05, 0) is 89.0 Å². The predicted octanol–water partition coefficient (Wildman–Crippen LogP) is 13.6. The lowest BCUT2D eigenvalue weighted by Gasteiger charge is -2.15. The van der Waals surface area contributed by atoms with Crippen molar-refractivity contribution >= 4 is 54.8 Å². The highest BCUT2D eigenvalue weighted by Crippen LogP contribution is 2.37. The van der Waals surface area contributed by atoms with Gasteiger partial charge in [-0.25, -0.2) is 4.98 Å². The summed E-state index contributed by atoms with van der Waals surface area (Å²) in [5.41, 5.74) is 19.3. The fraction of sp³-hybridized carbons (Fsp3) is 0.0189. The normalized spacial score (nSPS) is 12.8. The van der Waals surface area contributed by atoms with Crippen LogP contribution in [-0.4, -0.2) is 14.1 Å². The largest absolute Gasteiger partial charge is 0.309 e. The van der Waals surface area contributed by atoms with E-state index in [-0.39, 0.29) is 0 Å². The van der Waals surface area contributed by atoms with Crippen molar-refractivity contribution in [2.24, 2.45) is 0 Å². The van der Waals surface area contributed by atoms with Gasteiger partial charge in [0.15, 0.2) is 0 Å². The van der Waals surface area contributed by atoms with Gasteiger partial charge in [-0.15, -0.1) is 5.73 Å². The summed E-state index contributed by atoms with van der Waals surface area (Å²) in [6.45, 7) is 0. The van der Waals surface area contributed by atoms with E-state index in [9.17, 15) is 0 Å². The van der Waals surface area contributed by atoms with Crippen LogP contribution >= 0.6 is 0 Å². The minimum atomic E-state index is 0.749. The maximum absolute atomic E-state index is 5.39. The summed E-state index contributed by atoms with van der Waals surface area (Å²) in [5.74, 6) is 0. The average Bonchev–Trinajstić information content (AvgIpc) is 3.80. The number of para-hydroxylation sites is 4. The van der Waals surface area contributed by atoms with Gasteiger partial charge in [0.1, 0.15) is 0 Å². The number of rotatable bonds is 6. The Hall–Kier alpha value is -7.45. The monoisotopic (exact) mass is 713 g/mol. The molecule has 10 aromatic rings. The average molecular weight is 714 g/mol. The fourth-order valence-corrected chi connectivity index (χ4v) is 8.54. The van der Waals surface area contributed by atoms with Crippen molar-refractivity contribution in [3.8, 4) is 33.8 Å². The van der Waals surface area contributed by atoms with Crippen molar-refractivity contribution in [2.75, 3.05) is 0 Å². The molecule has 0 N–H and O–H groups in total. The zero-order valence-corrected chi connectivity index (χ0v) is 30.6. The van der Waals surface area contributed by atoms with Gasteiger partial charge in [0.2, 0.25) is 0 Å². The number of allylic oxidation sites excluding steroid dienone is 3. The Labute approximate surface area is 325 Å². The molecule has 0 saturated carbocycles. The third-order valence-corrected chi connectivity index (χ3v) is 11.2. The topological polar surface area (TPSA) is 22.8 Å². The van der Waals surface area contributed by atoms with E-state index in [1.165, 1.54) is 54.7 Å². The summed E-state index contributed by atoms with van der Waals surface area (Å²) in [4.78, 5) is 5.39. The molecule has 0 fully saturated rings. The first-order valence-electron chi connectivity index (χ1n) is 19.2. The van der Waals surface area contributed by atoms with Crippen LogP contribution in [0.25, 0.3) is 88.5 Å². The third-order valence-electron chi connectivity index (χ3n) is 11.2. The van der Waals surface area contributed by atoms with Gasteiger partial charge in [-0.3, -0.25) is 0 Å². The van der Waals surface area contributed by atoms with Gasteiger partial charge in [-0.2, -0.15) is 0 Å². The van der Waals surface area contributed by atoms with Crippen molar-refractivity contribution in [3.05, 3.63) is 217 Å². The van der Waals surface area contributed by atoms with E-state index in [0.717, 1.165) is 51.4 Å². The van der Waals surface area contributed by atoms with E-state index in [0.29, 0.717) is 0 Å². The number of aromatic nitrogens is 3. The number of hydrogen-bond acceptors (Lipinski definition) is 1. The first kappa shape index (κ1) is 32.0. The summed E-state index contributed by atoms with van der Waals surface area (Å²) in [6.07, 6.45) is 5.15.